The van der Waals surface area contributed by atoms with Crippen LogP contribution in [-0.2, 0) is 0 Å². The third-order valence-corrected chi connectivity index (χ3v) is 3.93. The Morgan fingerprint density at radius 3 is 2.16 bits per heavy atom. The predicted octanol–water partition coefficient (Wildman–Crippen LogP) is 1.41. The lowest BCUT2D eigenvalue weighted by molar-refractivity contribution is 0.533. The molecule has 0 spiro atoms. The molecule has 2 aliphatic rings. The second kappa shape index (κ2) is 7.24. The molecule has 2 saturated carbocycles. The first-order chi connectivity index (χ1) is 9.17. The van der Waals surface area contributed by atoms with Crippen molar-refractivity contribution >= 4 is 34.7 Å². The van der Waals surface area contributed by atoms with Gasteiger partial charge in [-0.1, -0.05) is 6.92 Å². The van der Waals surface area contributed by atoms with E-state index in [1.54, 1.807) is 0 Å². The highest BCUT2D eigenvalue weighted by Gasteiger charge is 2.23. The van der Waals surface area contributed by atoms with Crippen molar-refractivity contribution in [3.8, 4) is 0 Å². The van der Waals surface area contributed by atoms with E-state index in [0.717, 1.165) is 29.6 Å². The second-order valence-corrected chi connectivity index (χ2v) is 6.28. The Morgan fingerprint density at radius 1 is 1.05 bits per heavy atom. The predicted molar refractivity (Wildman–Crippen MR) is 87.3 cm³/mol. The summed E-state index contributed by atoms with van der Waals surface area (Å²) in [6.45, 7) is 3.06. The lowest BCUT2D eigenvalue weighted by atomic mass is 10.1. The van der Waals surface area contributed by atoms with E-state index in [2.05, 4.69) is 28.2 Å². The summed E-state index contributed by atoms with van der Waals surface area (Å²) in [6, 6.07) is 1.65. The molecular weight excluding hydrogens is 276 g/mol. The van der Waals surface area contributed by atoms with Crippen LogP contribution in [0.4, 0.5) is 0 Å². The van der Waals surface area contributed by atoms with E-state index < -0.39 is 0 Å². The van der Waals surface area contributed by atoms with Crippen molar-refractivity contribution in [2.45, 2.75) is 63.6 Å². The molecule has 4 N–H and O–H groups in total. The molecule has 2 fully saturated rings. The highest BCUT2D eigenvalue weighted by Crippen LogP contribution is 2.18. The molecule has 0 amide bonds. The normalized spacial score (nSPS) is 19.4. The first-order valence-corrected chi connectivity index (χ1v) is 8.10. The van der Waals surface area contributed by atoms with Gasteiger partial charge in [0.1, 0.15) is 0 Å². The zero-order chi connectivity index (χ0) is 13.7. The van der Waals surface area contributed by atoms with E-state index >= 15 is 0 Å². The van der Waals surface area contributed by atoms with E-state index in [1.165, 1.54) is 25.7 Å². The maximum absolute atomic E-state index is 5.30. The van der Waals surface area contributed by atoms with Gasteiger partial charge in [0, 0.05) is 24.7 Å². The fourth-order valence-electron chi connectivity index (χ4n) is 1.84. The van der Waals surface area contributed by atoms with Gasteiger partial charge in [0.25, 0.3) is 0 Å². The van der Waals surface area contributed by atoms with Gasteiger partial charge in [-0.15, -0.1) is 0 Å². The molecule has 1 atom stereocenters. The number of hydrogen-bond acceptors (Lipinski definition) is 2. The molecule has 0 saturated heterocycles. The molecular formula is C13H24N4S2. The van der Waals surface area contributed by atoms with Crippen LogP contribution in [0.1, 0.15) is 45.4 Å². The van der Waals surface area contributed by atoms with Gasteiger partial charge >= 0.3 is 0 Å². The lowest BCUT2D eigenvalue weighted by Gasteiger charge is -2.20. The highest BCUT2D eigenvalue weighted by molar-refractivity contribution is 7.80. The second-order valence-electron chi connectivity index (χ2n) is 5.46. The maximum Gasteiger partial charge on any atom is 0.166 e. The Kier molecular flexibility index (Phi) is 5.63. The number of rotatable bonds is 7. The molecule has 108 valence electrons. The van der Waals surface area contributed by atoms with Crippen LogP contribution in [0.3, 0.4) is 0 Å². The standard InChI is InChI=1S/C13H24N4S2/c1-2-9(15-13(19)17-11-5-6-11)7-8-14-12(18)16-10-3-4-10/h9-11H,2-8H2,1H3,(H2,14,16,18)(H2,15,17,19)/t9-/m1/s1. The molecule has 0 aromatic heterocycles. The largest absolute Gasteiger partial charge is 0.363 e. The molecule has 0 aliphatic heterocycles. The minimum atomic E-state index is 0.412. The van der Waals surface area contributed by atoms with Gasteiger partial charge in [-0.25, -0.2) is 0 Å². The molecule has 19 heavy (non-hydrogen) atoms. The van der Waals surface area contributed by atoms with Crippen molar-refractivity contribution < 1.29 is 0 Å². The third kappa shape index (κ3) is 6.38. The number of nitrogens with one attached hydrogen (secondary N) is 4. The number of hydrogen-bond donors (Lipinski definition) is 4. The van der Waals surface area contributed by atoms with E-state index in [4.69, 9.17) is 24.4 Å². The van der Waals surface area contributed by atoms with Crippen LogP contribution in [0.25, 0.3) is 0 Å². The summed E-state index contributed by atoms with van der Waals surface area (Å²) in [5, 5.41) is 14.8. The molecule has 0 radical (unpaired) electrons. The van der Waals surface area contributed by atoms with Gasteiger partial charge < -0.3 is 21.3 Å². The fourth-order valence-corrected chi connectivity index (χ4v) is 2.44. The molecule has 0 aromatic carbocycles. The maximum atomic E-state index is 5.30. The first kappa shape index (κ1) is 14.8. The van der Waals surface area contributed by atoms with Gasteiger partial charge in [-0.2, -0.15) is 0 Å². The molecule has 2 aliphatic carbocycles. The minimum Gasteiger partial charge on any atom is -0.363 e. The van der Waals surface area contributed by atoms with Gasteiger partial charge in [-0.05, 0) is 63.0 Å². The molecule has 0 bridgehead atoms. The lowest BCUT2D eigenvalue weighted by Crippen LogP contribution is -2.44. The monoisotopic (exact) mass is 300 g/mol. The average molecular weight is 300 g/mol. The van der Waals surface area contributed by atoms with Crippen LogP contribution in [-0.4, -0.2) is 34.9 Å². The zero-order valence-electron chi connectivity index (χ0n) is 11.5. The Bertz CT molecular complexity index is 327. The van der Waals surface area contributed by atoms with Crippen molar-refractivity contribution in [2.24, 2.45) is 0 Å². The number of thiocarbonyl (C=S) groups is 2. The van der Waals surface area contributed by atoms with Gasteiger partial charge in [0.2, 0.25) is 0 Å². The van der Waals surface area contributed by atoms with Crippen LogP contribution < -0.4 is 21.3 Å². The molecule has 0 unspecified atom stereocenters. The fraction of sp³-hybridized carbons (Fsp3) is 0.846. The minimum absolute atomic E-state index is 0.412. The summed E-state index contributed by atoms with van der Waals surface area (Å²) < 4.78 is 0. The van der Waals surface area contributed by atoms with Crippen LogP contribution >= 0.6 is 24.4 Å². The van der Waals surface area contributed by atoms with Gasteiger partial charge in [-0.3, -0.25) is 0 Å². The Hall–Kier alpha value is -0.620. The van der Waals surface area contributed by atoms with Crippen molar-refractivity contribution in [1.82, 2.24) is 21.3 Å². The van der Waals surface area contributed by atoms with Gasteiger partial charge in [0.05, 0.1) is 0 Å². The van der Waals surface area contributed by atoms with E-state index in [0.29, 0.717) is 18.1 Å². The van der Waals surface area contributed by atoms with Crippen LogP contribution in [0.2, 0.25) is 0 Å². The highest BCUT2D eigenvalue weighted by atomic mass is 32.1. The molecule has 0 heterocycles. The van der Waals surface area contributed by atoms with Crippen molar-refractivity contribution in [3.63, 3.8) is 0 Å². The third-order valence-electron chi connectivity index (χ3n) is 3.43. The van der Waals surface area contributed by atoms with E-state index in [1.807, 2.05) is 0 Å². The molecule has 2 rings (SSSR count). The van der Waals surface area contributed by atoms with Crippen molar-refractivity contribution in [1.29, 1.82) is 0 Å². The molecule has 0 aromatic rings. The Morgan fingerprint density at radius 2 is 1.63 bits per heavy atom. The van der Waals surface area contributed by atoms with Crippen molar-refractivity contribution in [2.75, 3.05) is 6.54 Å². The van der Waals surface area contributed by atoms with Gasteiger partial charge in [0.15, 0.2) is 10.2 Å². The Balaban J connectivity index is 1.55. The first-order valence-electron chi connectivity index (χ1n) is 7.28. The topological polar surface area (TPSA) is 48.1 Å². The quantitative estimate of drug-likeness (QED) is 0.533. The van der Waals surface area contributed by atoms with Crippen LogP contribution in [0.5, 0.6) is 0 Å². The zero-order valence-corrected chi connectivity index (χ0v) is 13.1. The summed E-state index contributed by atoms with van der Waals surface area (Å²) in [4.78, 5) is 0. The summed E-state index contributed by atoms with van der Waals surface area (Å²) in [5.41, 5.74) is 0. The van der Waals surface area contributed by atoms with Crippen molar-refractivity contribution in [3.05, 3.63) is 0 Å². The molecule has 4 nitrogen and oxygen atoms in total. The van der Waals surface area contributed by atoms with E-state index in [9.17, 15) is 0 Å². The average Bonchev–Trinajstić information content (AvgIpc) is 3.24. The Labute approximate surface area is 126 Å². The van der Waals surface area contributed by atoms with Crippen LogP contribution in [0, 0.1) is 0 Å². The summed E-state index contributed by atoms with van der Waals surface area (Å²) in [7, 11) is 0. The SMILES string of the molecule is CC[C@H](CCNC(=S)NC1CC1)NC(=S)NC1CC1. The molecule has 6 heteroatoms. The summed E-state index contributed by atoms with van der Waals surface area (Å²) in [5.74, 6) is 0. The smallest absolute Gasteiger partial charge is 0.166 e. The summed E-state index contributed by atoms with van der Waals surface area (Å²) in [6.07, 6.45) is 7.10. The summed E-state index contributed by atoms with van der Waals surface area (Å²) >= 11 is 10.5. The van der Waals surface area contributed by atoms with Crippen LogP contribution in [0.15, 0.2) is 0 Å². The van der Waals surface area contributed by atoms with E-state index in [-0.39, 0.29) is 0 Å².